The maximum Gasteiger partial charge on any atom is 0.0794 e. The van der Waals surface area contributed by atoms with Gasteiger partial charge in [0.25, 0.3) is 0 Å². The second-order valence-electron chi connectivity index (χ2n) is 0.289. The Morgan fingerprint density at radius 3 is 1.75 bits per heavy atom. The third-order valence-electron chi connectivity index (χ3n) is 0. The van der Waals surface area contributed by atoms with E-state index >= 15 is 0 Å². The average molecular weight is 77.2 g/mol. The van der Waals surface area contributed by atoms with Crippen molar-refractivity contribution in [3.63, 3.8) is 0 Å². The van der Waals surface area contributed by atoms with E-state index in [0.29, 0.717) is 0 Å². The molecule has 0 bridgehead atoms. The van der Waals surface area contributed by atoms with Gasteiger partial charge in [-0.15, -0.1) is 0 Å². The van der Waals surface area contributed by atoms with Crippen molar-refractivity contribution in [1.29, 1.82) is 0 Å². The maximum absolute atomic E-state index is 8.93. The van der Waals surface area contributed by atoms with E-state index < -0.39 is 0 Å². The second kappa shape index (κ2) is 10.9. The zero-order valence-electron chi connectivity index (χ0n) is 2.12. The van der Waals surface area contributed by atoms with Crippen molar-refractivity contribution < 1.29 is 5.11 Å². The van der Waals surface area contributed by atoms with Crippen LogP contribution in [0.5, 0.6) is 0 Å². The molecule has 0 aliphatic heterocycles. The summed E-state index contributed by atoms with van der Waals surface area (Å²) in [6.07, 6.45) is 0. The lowest BCUT2D eigenvalue weighted by molar-refractivity contribution is 0.212. The summed E-state index contributed by atoms with van der Waals surface area (Å²) in [5.41, 5.74) is 0. The maximum atomic E-state index is 8.93. The van der Waals surface area contributed by atoms with E-state index in [9.17, 15) is 0 Å². The molecular formula is C2H9OSi. The lowest BCUT2D eigenvalue weighted by Gasteiger charge is -1.45. The van der Waals surface area contributed by atoms with Crippen molar-refractivity contribution in [2.75, 3.05) is 6.61 Å². The molecular weight excluding hydrogens is 68.1 g/mol. The molecule has 2 heteroatoms. The van der Waals surface area contributed by atoms with Gasteiger partial charge in [0, 0.05) is 0 Å². The lowest BCUT2D eigenvalue weighted by atomic mass is 10.9. The zero-order valence-corrected chi connectivity index (χ0v) is 2.12. The van der Waals surface area contributed by atoms with Crippen LogP contribution in [0.2, 0.25) is 0 Å². The van der Waals surface area contributed by atoms with Gasteiger partial charge in [0.1, 0.15) is 0 Å². The molecule has 0 saturated heterocycles. The fraction of sp³-hybridized carbons (Fsp3) is 1.00. The molecule has 1 nitrogen and oxygen atoms in total. The van der Waals surface area contributed by atoms with Crippen LogP contribution in [0.25, 0.3) is 0 Å². The van der Waals surface area contributed by atoms with E-state index in [1.807, 2.05) is 0 Å². The van der Waals surface area contributed by atoms with Gasteiger partial charge in [0.2, 0.25) is 0 Å². The molecule has 0 rings (SSSR count). The van der Waals surface area contributed by atoms with Crippen LogP contribution in [0.3, 0.4) is 0 Å². The van der Waals surface area contributed by atoms with Crippen molar-refractivity contribution in [2.45, 2.75) is 6.92 Å². The highest BCUT2D eigenvalue weighted by Gasteiger charge is 1.39. The predicted molar refractivity (Wildman–Crippen MR) is 22.6 cm³/mol. The average Bonchev–Trinajstić information content (AvgIpc) is 0.918. The number of hydrogen-bond donors (Lipinski definition) is 0. The molecule has 0 N–H and O–H groups in total. The third-order valence-corrected chi connectivity index (χ3v) is 0. The van der Waals surface area contributed by atoms with Gasteiger partial charge in [-0.1, -0.05) is 0 Å². The highest BCUT2D eigenvalue weighted by Crippen LogP contribution is 1.33. The molecule has 0 aliphatic carbocycles. The fourth-order valence-corrected chi connectivity index (χ4v) is 0. The molecule has 27 valence electrons. The van der Waals surface area contributed by atoms with E-state index in [1.165, 1.54) is 0 Å². The van der Waals surface area contributed by atoms with Gasteiger partial charge < -0.3 is 0 Å². The molecule has 0 heterocycles. The first kappa shape index (κ1) is 8.90. The summed E-state index contributed by atoms with van der Waals surface area (Å²) in [5.74, 6) is 0. The minimum absolute atomic E-state index is 0. The van der Waals surface area contributed by atoms with Crippen molar-refractivity contribution in [3.8, 4) is 0 Å². The predicted octanol–water partition coefficient (Wildman–Crippen LogP) is -1.01. The highest BCUT2D eigenvalue weighted by molar-refractivity contribution is 5.75. The van der Waals surface area contributed by atoms with E-state index in [4.69, 9.17) is 5.11 Å². The summed E-state index contributed by atoms with van der Waals surface area (Å²) < 4.78 is 0. The minimum Gasteiger partial charge on any atom is -0.237 e. The molecule has 0 aliphatic rings. The van der Waals surface area contributed by atoms with Crippen LogP contribution in [-0.4, -0.2) is 17.6 Å². The molecule has 0 unspecified atom stereocenters. The Morgan fingerprint density at radius 1 is 1.75 bits per heavy atom. The van der Waals surface area contributed by atoms with Crippen LogP contribution in [0.4, 0.5) is 0 Å². The third kappa shape index (κ3) is 96.4. The second-order valence-corrected chi connectivity index (χ2v) is 0.289. The number of rotatable bonds is 0. The Morgan fingerprint density at radius 2 is 1.75 bits per heavy atom. The Kier molecular flexibility index (Phi) is 24.2. The Balaban J connectivity index is 0. The first-order valence-corrected chi connectivity index (χ1v) is 0.996. The first-order valence-electron chi connectivity index (χ1n) is 0.996. The molecule has 0 aromatic carbocycles. The summed E-state index contributed by atoms with van der Waals surface area (Å²) in [6.45, 7) is 1.57. The summed E-state index contributed by atoms with van der Waals surface area (Å²) in [7, 11) is 0. The normalized spacial score (nSPS) is 4.50. The van der Waals surface area contributed by atoms with Crippen molar-refractivity contribution in [2.24, 2.45) is 0 Å². The molecule has 0 fully saturated rings. The van der Waals surface area contributed by atoms with Crippen molar-refractivity contribution in [3.05, 3.63) is 0 Å². The van der Waals surface area contributed by atoms with Gasteiger partial charge in [-0.3, -0.25) is 0 Å². The van der Waals surface area contributed by atoms with Gasteiger partial charge in [0.15, 0.2) is 0 Å². The Hall–Kier alpha value is 0.177. The van der Waals surface area contributed by atoms with Gasteiger partial charge in [0.05, 0.1) is 6.61 Å². The van der Waals surface area contributed by atoms with Gasteiger partial charge in [-0.25, -0.2) is 5.11 Å². The Labute approximate surface area is 30.7 Å². The van der Waals surface area contributed by atoms with Crippen molar-refractivity contribution >= 4 is 11.0 Å². The number of hydrogen-bond acceptors (Lipinski definition) is 0. The van der Waals surface area contributed by atoms with Crippen LogP contribution in [-0.2, 0) is 5.11 Å². The molecule has 1 radical (unpaired) electrons. The standard InChI is InChI=1S/C2H5O.H4Si/c1-2-3;/h2H2,1H3;1H4. The topological polar surface area (TPSA) is 19.9 Å². The van der Waals surface area contributed by atoms with Gasteiger partial charge in [-0.05, 0) is 17.9 Å². The van der Waals surface area contributed by atoms with Crippen molar-refractivity contribution in [1.82, 2.24) is 0 Å². The summed E-state index contributed by atoms with van der Waals surface area (Å²) in [5, 5.41) is 8.93. The van der Waals surface area contributed by atoms with E-state index in [2.05, 4.69) is 0 Å². The summed E-state index contributed by atoms with van der Waals surface area (Å²) >= 11 is 0. The van der Waals surface area contributed by atoms with Crippen LogP contribution in [0.1, 0.15) is 6.92 Å². The molecule has 0 spiro atoms. The molecule has 0 aromatic rings. The first-order chi connectivity index (χ1) is 1.41. The van der Waals surface area contributed by atoms with Crippen LogP contribution in [0.15, 0.2) is 0 Å². The van der Waals surface area contributed by atoms with E-state index in [-0.39, 0.29) is 17.6 Å². The molecule has 4 heavy (non-hydrogen) atoms. The van der Waals surface area contributed by atoms with Gasteiger partial charge in [-0.2, -0.15) is 0 Å². The monoisotopic (exact) mass is 77.0 g/mol. The molecule has 0 aromatic heterocycles. The van der Waals surface area contributed by atoms with Crippen LogP contribution >= 0.6 is 0 Å². The largest absolute Gasteiger partial charge is 0.237 e. The van der Waals surface area contributed by atoms with Gasteiger partial charge >= 0.3 is 0 Å². The minimum atomic E-state index is 0. The smallest absolute Gasteiger partial charge is 0.0794 e. The van der Waals surface area contributed by atoms with E-state index in [0.717, 1.165) is 0 Å². The lowest BCUT2D eigenvalue weighted by Crippen LogP contribution is -1.52. The Bertz CT molecular complexity index is 6.00. The fourth-order valence-electron chi connectivity index (χ4n) is 0. The van der Waals surface area contributed by atoms with E-state index in [1.54, 1.807) is 6.92 Å². The van der Waals surface area contributed by atoms with Crippen LogP contribution in [0, 0.1) is 0 Å². The molecule has 0 saturated carbocycles. The SMILES string of the molecule is CC[O].[SiH4]. The molecule has 0 atom stereocenters. The van der Waals surface area contributed by atoms with Crippen LogP contribution < -0.4 is 0 Å². The zero-order chi connectivity index (χ0) is 2.71. The quantitative estimate of drug-likeness (QED) is 0.330. The summed E-state index contributed by atoms with van der Waals surface area (Å²) in [4.78, 5) is 0. The molecule has 0 amide bonds. The highest BCUT2D eigenvalue weighted by atomic mass is 28.1. The summed E-state index contributed by atoms with van der Waals surface area (Å²) in [6, 6.07) is 0.